The Bertz CT molecular complexity index is 1190. The summed E-state index contributed by atoms with van der Waals surface area (Å²) in [5.41, 5.74) is 4.29. The van der Waals surface area contributed by atoms with Crippen molar-refractivity contribution in [2.24, 2.45) is 7.05 Å². The van der Waals surface area contributed by atoms with E-state index in [0.717, 1.165) is 38.6 Å². The number of anilines is 1. The fraction of sp³-hybridized carbons (Fsp3) is 0.190. The number of nitrogens with zero attached hydrogens (tertiary/aromatic N) is 3. The summed E-state index contributed by atoms with van der Waals surface area (Å²) in [6, 6.07) is 9.50. The molecule has 0 atom stereocenters. The number of fused-ring (bicyclic) bond motifs is 1. The van der Waals surface area contributed by atoms with Crippen LogP contribution in [0.1, 0.15) is 20.9 Å². The second kappa shape index (κ2) is 7.09. The van der Waals surface area contributed by atoms with Crippen LogP contribution in [0.3, 0.4) is 0 Å². The van der Waals surface area contributed by atoms with Crippen LogP contribution in [0.2, 0.25) is 0 Å². The minimum atomic E-state index is -0.159. The minimum absolute atomic E-state index is 0.159. The average Bonchev–Trinajstić information content (AvgIpc) is 3.24. The number of amides is 1. The molecule has 3 heterocycles. The number of carbonyl (C=O) groups is 1. The summed E-state index contributed by atoms with van der Waals surface area (Å²) in [4.78, 5) is 22.5. The van der Waals surface area contributed by atoms with E-state index < -0.39 is 0 Å². The molecule has 7 heteroatoms. The van der Waals surface area contributed by atoms with Crippen LogP contribution >= 0.6 is 11.3 Å². The summed E-state index contributed by atoms with van der Waals surface area (Å²) in [7, 11) is 3.58. The summed E-state index contributed by atoms with van der Waals surface area (Å²) < 4.78 is 7.19. The Morgan fingerprint density at radius 1 is 1.25 bits per heavy atom. The van der Waals surface area contributed by atoms with Crippen molar-refractivity contribution in [2.45, 2.75) is 13.8 Å². The third-order valence-corrected chi connectivity index (χ3v) is 5.84. The van der Waals surface area contributed by atoms with Crippen molar-refractivity contribution in [3.8, 4) is 16.3 Å². The van der Waals surface area contributed by atoms with Gasteiger partial charge in [-0.1, -0.05) is 0 Å². The predicted molar refractivity (Wildman–Crippen MR) is 112 cm³/mol. The van der Waals surface area contributed by atoms with Crippen LogP contribution in [0.5, 0.6) is 5.75 Å². The molecule has 0 saturated carbocycles. The number of benzene rings is 1. The molecule has 6 nitrogen and oxygen atoms in total. The highest BCUT2D eigenvalue weighted by Gasteiger charge is 2.19. The Morgan fingerprint density at radius 2 is 2.07 bits per heavy atom. The van der Waals surface area contributed by atoms with Crippen LogP contribution in [0.15, 0.2) is 42.7 Å². The predicted octanol–water partition coefficient (Wildman–Crippen LogP) is 4.57. The van der Waals surface area contributed by atoms with E-state index in [0.29, 0.717) is 10.6 Å². The molecule has 0 bridgehead atoms. The number of pyridine rings is 1. The van der Waals surface area contributed by atoms with Gasteiger partial charge in [-0.3, -0.25) is 4.79 Å². The smallest absolute Gasteiger partial charge is 0.267 e. The molecule has 3 aromatic heterocycles. The number of hydrogen-bond donors (Lipinski definition) is 1. The van der Waals surface area contributed by atoms with Gasteiger partial charge < -0.3 is 14.6 Å². The Labute approximate surface area is 166 Å². The number of hydrogen-bond acceptors (Lipinski definition) is 5. The monoisotopic (exact) mass is 392 g/mol. The van der Waals surface area contributed by atoms with Gasteiger partial charge in [-0.2, -0.15) is 0 Å². The number of thiazole rings is 1. The molecule has 142 valence electrons. The molecular formula is C21H20N4O2S. The van der Waals surface area contributed by atoms with Gasteiger partial charge in [0.25, 0.3) is 5.91 Å². The zero-order chi connectivity index (χ0) is 19.8. The Morgan fingerprint density at radius 3 is 2.82 bits per heavy atom. The van der Waals surface area contributed by atoms with Crippen LogP contribution in [-0.4, -0.2) is 27.6 Å². The maximum atomic E-state index is 12.9. The zero-order valence-corrected chi connectivity index (χ0v) is 16.9. The van der Waals surface area contributed by atoms with Crippen LogP contribution in [-0.2, 0) is 7.05 Å². The van der Waals surface area contributed by atoms with Crippen molar-refractivity contribution < 1.29 is 9.53 Å². The summed E-state index contributed by atoms with van der Waals surface area (Å²) in [6.07, 6.45) is 3.78. The number of ether oxygens (including phenoxy) is 1. The first-order valence-corrected chi connectivity index (χ1v) is 9.63. The molecule has 0 aliphatic carbocycles. The molecule has 4 rings (SSSR count). The van der Waals surface area contributed by atoms with Gasteiger partial charge in [-0.05, 0) is 49.7 Å². The van der Waals surface area contributed by atoms with Gasteiger partial charge in [-0.25, -0.2) is 9.97 Å². The zero-order valence-electron chi connectivity index (χ0n) is 16.1. The second-order valence-electron chi connectivity index (χ2n) is 6.60. The number of nitrogens with one attached hydrogen (secondary N) is 1. The lowest BCUT2D eigenvalue weighted by Gasteiger charge is -2.09. The molecule has 0 fully saturated rings. The molecule has 1 aromatic carbocycles. The SMILES string of the molecule is COc1ccc(NC(=O)c2sc(-c3cn(C)c4ncccc34)nc2C)c(C)c1. The van der Waals surface area contributed by atoms with Crippen LogP contribution < -0.4 is 10.1 Å². The Hall–Kier alpha value is -3.19. The molecule has 0 aliphatic rings. The van der Waals surface area contributed by atoms with Gasteiger partial charge >= 0.3 is 0 Å². The van der Waals surface area contributed by atoms with Gasteiger partial charge in [0.1, 0.15) is 21.3 Å². The molecule has 0 spiro atoms. The first kappa shape index (κ1) is 18.2. The molecule has 4 aromatic rings. The highest BCUT2D eigenvalue weighted by molar-refractivity contribution is 7.17. The van der Waals surface area contributed by atoms with Crippen LogP contribution in [0.25, 0.3) is 21.6 Å². The van der Waals surface area contributed by atoms with E-state index in [2.05, 4.69) is 15.3 Å². The van der Waals surface area contributed by atoms with Gasteiger partial charge in [0.05, 0.1) is 12.8 Å². The Kier molecular flexibility index (Phi) is 4.60. The highest BCUT2D eigenvalue weighted by Crippen LogP contribution is 2.34. The molecule has 1 amide bonds. The molecule has 0 unspecified atom stereocenters. The number of methoxy groups -OCH3 is 1. The normalized spacial score (nSPS) is 11.0. The number of rotatable bonds is 4. The lowest BCUT2D eigenvalue weighted by molar-refractivity contribution is 0.102. The van der Waals surface area contributed by atoms with Gasteiger partial charge in [-0.15, -0.1) is 11.3 Å². The van der Waals surface area contributed by atoms with E-state index in [9.17, 15) is 4.79 Å². The average molecular weight is 392 g/mol. The number of carbonyl (C=O) groups excluding carboxylic acids is 1. The largest absolute Gasteiger partial charge is 0.497 e. The molecule has 28 heavy (non-hydrogen) atoms. The summed E-state index contributed by atoms with van der Waals surface area (Å²) >= 11 is 1.39. The van der Waals surface area contributed by atoms with Crippen molar-refractivity contribution in [1.29, 1.82) is 0 Å². The molecule has 0 radical (unpaired) electrons. The van der Waals surface area contributed by atoms with Crippen LogP contribution in [0.4, 0.5) is 5.69 Å². The van der Waals surface area contributed by atoms with E-state index in [1.165, 1.54) is 11.3 Å². The standard InChI is InChI=1S/C21H20N4O2S/c1-12-10-14(27-4)7-8-17(12)24-20(26)18-13(2)23-21(28-18)16-11-25(3)19-15(16)6-5-9-22-19/h5-11H,1-4H3,(H,24,26). The van der Waals surface area contributed by atoms with E-state index >= 15 is 0 Å². The third kappa shape index (κ3) is 3.14. The summed E-state index contributed by atoms with van der Waals surface area (Å²) in [5.74, 6) is 0.601. The van der Waals surface area contributed by atoms with E-state index in [1.54, 1.807) is 13.3 Å². The molecule has 0 aliphatic heterocycles. The maximum Gasteiger partial charge on any atom is 0.267 e. The van der Waals surface area contributed by atoms with Crippen molar-refractivity contribution in [1.82, 2.24) is 14.5 Å². The lowest BCUT2D eigenvalue weighted by Crippen LogP contribution is -2.12. The van der Waals surface area contributed by atoms with Gasteiger partial charge in [0, 0.05) is 36.1 Å². The van der Waals surface area contributed by atoms with Gasteiger partial charge in [0.15, 0.2) is 0 Å². The lowest BCUT2D eigenvalue weighted by atomic mass is 10.2. The van der Waals surface area contributed by atoms with E-state index in [-0.39, 0.29) is 5.91 Å². The highest BCUT2D eigenvalue weighted by atomic mass is 32.1. The van der Waals surface area contributed by atoms with E-state index in [1.807, 2.05) is 62.0 Å². The first-order valence-electron chi connectivity index (χ1n) is 8.81. The minimum Gasteiger partial charge on any atom is -0.497 e. The molecule has 0 saturated heterocycles. The van der Waals surface area contributed by atoms with Crippen molar-refractivity contribution in [3.05, 3.63) is 58.9 Å². The first-order chi connectivity index (χ1) is 13.5. The quantitative estimate of drug-likeness (QED) is 0.552. The summed E-state index contributed by atoms with van der Waals surface area (Å²) in [5, 5.41) is 4.82. The second-order valence-corrected chi connectivity index (χ2v) is 7.60. The fourth-order valence-electron chi connectivity index (χ4n) is 3.19. The van der Waals surface area contributed by atoms with Crippen molar-refractivity contribution in [3.63, 3.8) is 0 Å². The number of aryl methyl sites for hydroxylation is 3. The fourth-order valence-corrected chi connectivity index (χ4v) is 4.17. The van der Waals surface area contributed by atoms with Crippen molar-refractivity contribution in [2.75, 3.05) is 12.4 Å². The molecular weight excluding hydrogens is 372 g/mol. The molecule has 1 N–H and O–H groups in total. The number of aromatic nitrogens is 3. The maximum absolute atomic E-state index is 12.9. The third-order valence-electron chi connectivity index (χ3n) is 4.65. The van der Waals surface area contributed by atoms with Crippen molar-refractivity contribution >= 4 is 34.0 Å². The van der Waals surface area contributed by atoms with E-state index in [4.69, 9.17) is 4.74 Å². The summed E-state index contributed by atoms with van der Waals surface area (Å²) in [6.45, 7) is 3.80. The topological polar surface area (TPSA) is 69.0 Å². The Balaban J connectivity index is 1.67. The van der Waals surface area contributed by atoms with Gasteiger partial charge in [0.2, 0.25) is 0 Å². The van der Waals surface area contributed by atoms with Crippen LogP contribution in [0, 0.1) is 13.8 Å².